The second kappa shape index (κ2) is 4.57. The molecule has 0 unspecified atom stereocenters. The zero-order valence-electron chi connectivity index (χ0n) is 8.90. The van der Waals surface area contributed by atoms with Crippen LogP contribution in [0.1, 0.15) is 11.3 Å². The molecule has 0 saturated carbocycles. The topological polar surface area (TPSA) is 70.7 Å². The highest BCUT2D eigenvalue weighted by molar-refractivity contribution is 5.91. The van der Waals surface area contributed by atoms with Crippen molar-refractivity contribution in [2.24, 2.45) is 0 Å². The van der Waals surface area contributed by atoms with Crippen molar-refractivity contribution in [3.05, 3.63) is 41.9 Å². The maximum Gasteiger partial charge on any atom is 0.231 e. The van der Waals surface area contributed by atoms with Gasteiger partial charge in [-0.25, -0.2) is 0 Å². The summed E-state index contributed by atoms with van der Waals surface area (Å²) in [7, 11) is 0. The van der Waals surface area contributed by atoms with Crippen molar-refractivity contribution in [3.8, 4) is 0 Å². The largest absolute Gasteiger partial charge is 0.311 e. The van der Waals surface area contributed by atoms with Gasteiger partial charge in [-0.2, -0.15) is 5.10 Å². The van der Waals surface area contributed by atoms with Crippen LogP contribution < -0.4 is 5.32 Å². The van der Waals surface area contributed by atoms with Crippen molar-refractivity contribution in [3.63, 3.8) is 0 Å². The molecule has 5 heteroatoms. The Morgan fingerprint density at radius 2 is 2.31 bits per heavy atom. The number of aryl methyl sites for hydroxylation is 1. The van der Waals surface area contributed by atoms with Gasteiger partial charge in [-0.3, -0.25) is 14.9 Å². The number of pyridine rings is 1. The molecular formula is C11H12N4O. The number of hydrogen-bond donors (Lipinski definition) is 2. The number of rotatable bonds is 3. The van der Waals surface area contributed by atoms with Crippen molar-refractivity contribution >= 4 is 11.7 Å². The molecule has 1 amide bonds. The van der Waals surface area contributed by atoms with Gasteiger partial charge in [0.1, 0.15) is 5.82 Å². The fourth-order valence-electron chi connectivity index (χ4n) is 1.38. The highest BCUT2D eigenvalue weighted by atomic mass is 16.1. The average molecular weight is 216 g/mol. The zero-order chi connectivity index (χ0) is 11.4. The van der Waals surface area contributed by atoms with Crippen molar-refractivity contribution in [2.75, 3.05) is 5.32 Å². The van der Waals surface area contributed by atoms with Crippen molar-refractivity contribution < 1.29 is 4.79 Å². The lowest BCUT2D eigenvalue weighted by atomic mass is 10.1. The first-order valence-electron chi connectivity index (χ1n) is 4.95. The molecular weight excluding hydrogens is 204 g/mol. The van der Waals surface area contributed by atoms with Gasteiger partial charge >= 0.3 is 0 Å². The summed E-state index contributed by atoms with van der Waals surface area (Å²) < 4.78 is 0. The fraction of sp³-hybridized carbons (Fsp3) is 0.182. The van der Waals surface area contributed by atoms with Crippen LogP contribution in [0.15, 0.2) is 30.6 Å². The van der Waals surface area contributed by atoms with Crippen LogP contribution in [0, 0.1) is 6.92 Å². The van der Waals surface area contributed by atoms with Gasteiger partial charge in [0, 0.05) is 12.3 Å². The van der Waals surface area contributed by atoms with E-state index in [4.69, 9.17) is 0 Å². The summed E-state index contributed by atoms with van der Waals surface area (Å²) in [6.07, 6.45) is 3.54. The lowest BCUT2D eigenvalue weighted by Crippen LogP contribution is -2.16. The summed E-state index contributed by atoms with van der Waals surface area (Å²) in [4.78, 5) is 15.8. The Morgan fingerprint density at radius 1 is 1.44 bits per heavy atom. The number of aromatic nitrogens is 3. The van der Waals surface area contributed by atoms with E-state index in [0.29, 0.717) is 5.82 Å². The molecule has 2 heterocycles. The molecule has 0 aromatic carbocycles. The molecule has 2 rings (SSSR count). The Balaban J connectivity index is 2.00. The first kappa shape index (κ1) is 10.4. The van der Waals surface area contributed by atoms with Gasteiger partial charge in [-0.1, -0.05) is 6.07 Å². The molecule has 0 saturated heterocycles. The summed E-state index contributed by atoms with van der Waals surface area (Å²) in [5, 5.41) is 9.11. The number of nitrogens with zero attached hydrogens (tertiary/aromatic N) is 2. The lowest BCUT2D eigenvalue weighted by Gasteiger charge is -2.04. The number of nitrogens with one attached hydrogen (secondary N) is 2. The van der Waals surface area contributed by atoms with E-state index < -0.39 is 0 Å². The molecule has 0 aliphatic rings. The first-order chi connectivity index (χ1) is 7.75. The maximum atomic E-state index is 11.6. The summed E-state index contributed by atoms with van der Waals surface area (Å²) in [5.74, 6) is 0.490. The van der Waals surface area contributed by atoms with Crippen LogP contribution in [-0.4, -0.2) is 21.1 Å². The molecule has 82 valence electrons. The quantitative estimate of drug-likeness (QED) is 0.812. The molecule has 0 aliphatic heterocycles. The van der Waals surface area contributed by atoms with Crippen LogP contribution >= 0.6 is 0 Å². The van der Waals surface area contributed by atoms with Gasteiger partial charge in [-0.15, -0.1) is 0 Å². The van der Waals surface area contributed by atoms with Crippen LogP contribution in [0.25, 0.3) is 0 Å². The summed E-state index contributed by atoms with van der Waals surface area (Å²) in [6, 6.07) is 5.49. The molecule has 2 aromatic heterocycles. The Morgan fingerprint density at radius 3 is 3.00 bits per heavy atom. The number of hydrogen-bond acceptors (Lipinski definition) is 3. The van der Waals surface area contributed by atoms with Crippen LogP contribution in [0.3, 0.4) is 0 Å². The van der Waals surface area contributed by atoms with Crippen molar-refractivity contribution in [2.45, 2.75) is 13.3 Å². The third kappa shape index (κ3) is 2.44. The van der Waals surface area contributed by atoms with E-state index in [1.807, 2.05) is 19.1 Å². The minimum absolute atomic E-state index is 0.106. The lowest BCUT2D eigenvalue weighted by molar-refractivity contribution is -0.115. The van der Waals surface area contributed by atoms with Gasteiger partial charge in [0.15, 0.2) is 0 Å². The Bertz CT molecular complexity index is 478. The molecule has 0 fully saturated rings. The Kier molecular flexibility index (Phi) is 2.95. The molecule has 0 bridgehead atoms. The highest BCUT2D eigenvalue weighted by Crippen LogP contribution is 2.06. The number of amides is 1. The molecule has 2 aromatic rings. The first-order valence-corrected chi connectivity index (χ1v) is 4.95. The Labute approximate surface area is 92.9 Å². The molecule has 0 spiro atoms. The normalized spacial score (nSPS) is 10.1. The van der Waals surface area contributed by atoms with Crippen molar-refractivity contribution in [1.29, 1.82) is 0 Å². The van der Waals surface area contributed by atoms with E-state index in [2.05, 4.69) is 20.5 Å². The SMILES string of the molecule is Cc1cccnc1CC(=O)Nc1ccn[nH]1. The van der Waals surface area contributed by atoms with E-state index in [9.17, 15) is 4.79 Å². The van der Waals surface area contributed by atoms with E-state index in [0.717, 1.165) is 11.3 Å². The summed E-state index contributed by atoms with van der Waals surface area (Å²) >= 11 is 0. The molecule has 0 atom stereocenters. The number of anilines is 1. The number of carbonyl (C=O) groups is 1. The minimum Gasteiger partial charge on any atom is -0.311 e. The average Bonchev–Trinajstić information content (AvgIpc) is 2.74. The number of H-pyrrole nitrogens is 1. The standard InChI is InChI=1S/C11H12N4O/c1-8-3-2-5-12-9(8)7-11(16)14-10-4-6-13-15-10/h2-6H,7H2,1H3,(H2,13,14,15,16). The monoisotopic (exact) mass is 216 g/mol. The van der Waals surface area contributed by atoms with Crippen molar-refractivity contribution in [1.82, 2.24) is 15.2 Å². The third-order valence-electron chi connectivity index (χ3n) is 2.22. The molecule has 0 radical (unpaired) electrons. The second-order valence-electron chi connectivity index (χ2n) is 3.46. The van der Waals surface area contributed by atoms with Gasteiger partial charge in [-0.05, 0) is 18.6 Å². The van der Waals surface area contributed by atoms with E-state index in [1.54, 1.807) is 18.5 Å². The van der Waals surface area contributed by atoms with Crippen LogP contribution in [0.2, 0.25) is 0 Å². The fourth-order valence-corrected chi connectivity index (χ4v) is 1.38. The van der Waals surface area contributed by atoms with E-state index in [1.165, 1.54) is 0 Å². The van der Waals surface area contributed by atoms with Gasteiger partial charge in [0.2, 0.25) is 5.91 Å². The Hall–Kier alpha value is -2.17. The van der Waals surface area contributed by atoms with Gasteiger partial charge in [0.05, 0.1) is 18.3 Å². The van der Waals surface area contributed by atoms with Crippen LogP contribution in [0.5, 0.6) is 0 Å². The highest BCUT2D eigenvalue weighted by Gasteiger charge is 2.07. The summed E-state index contributed by atoms with van der Waals surface area (Å²) in [5.41, 5.74) is 1.81. The molecule has 16 heavy (non-hydrogen) atoms. The predicted molar refractivity (Wildman–Crippen MR) is 59.9 cm³/mol. The van der Waals surface area contributed by atoms with Gasteiger partial charge < -0.3 is 5.32 Å². The molecule has 2 N–H and O–H groups in total. The minimum atomic E-state index is -0.106. The second-order valence-corrected chi connectivity index (χ2v) is 3.46. The van der Waals surface area contributed by atoms with Crippen LogP contribution in [-0.2, 0) is 11.2 Å². The number of carbonyl (C=O) groups excluding carboxylic acids is 1. The van der Waals surface area contributed by atoms with Crippen LogP contribution in [0.4, 0.5) is 5.82 Å². The number of aromatic amines is 1. The molecule has 5 nitrogen and oxygen atoms in total. The van der Waals surface area contributed by atoms with E-state index >= 15 is 0 Å². The third-order valence-corrected chi connectivity index (χ3v) is 2.22. The smallest absolute Gasteiger partial charge is 0.231 e. The van der Waals surface area contributed by atoms with E-state index in [-0.39, 0.29) is 12.3 Å². The predicted octanol–water partition coefficient (Wildman–Crippen LogP) is 1.29. The summed E-state index contributed by atoms with van der Waals surface area (Å²) in [6.45, 7) is 1.94. The zero-order valence-corrected chi connectivity index (χ0v) is 8.90. The van der Waals surface area contributed by atoms with Gasteiger partial charge in [0.25, 0.3) is 0 Å². The maximum absolute atomic E-state index is 11.6. The molecule has 0 aliphatic carbocycles.